The maximum atomic E-state index is 11.7. The molecular formula is C11H19Br2NO2. The van der Waals surface area contributed by atoms with Gasteiger partial charge in [-0.15, -0.1) is 0 Å². The van der Waals surface area contributed by atoms with Crippen molar-refractivity contribution in [3.05, 3.63) is 0 Å². The van der Waals surface area contributed by atoms with Crippen LogP contribution < -0.4 is 5.32 Å². The Bertz CT molecular complexity index is 226. The summed E-state index contributed by atoms with van der Waals surface area (Å²) in [5.74, 6) is 0.108. The van der Waals surface area contributed by atoms with Crippen LogP contribution in [0.2, 0.25) is 0 Å². The van der Waals surface area contributed by atoms with Crippen molar-refractivity contribution in [3.8, 4) is 0 Å². The molecule has 1 heterocycles. The number of alkyl halides is 2. The zero-order valence-electron chi connectivity index (χ0n) is 9.60. The maximum absolute atomic E-state index is 11.7. The van der Waals surface area contributed by atoms with Crippen molar-refractivity contribution < 1.29 is 9.53 Å². The van der Waals surface area contributed by atoms with Gasteiger partial charge in [0.25, 0.3) is 0 Å². The van der Waals surface area contributed by atoms with Crippen molar-refractivity contribution in [3.63, 3.8) is 0 Å². The zero-order valence-corrected chi connectivity index (χ0v) is 12.8. The number of rotatable bonds is 6. The highest BCUT2D eigenvalue weighted by atomic mass is 79.9. The smallest absolute Gasteiger partial charge is 0.220 e. The first-order valence-corrected chi connectivity index (χ1v) is 7.88. The van der Waals surface area contributed by atoms with E-state index in [4.69, 9.17) is 4.74 Å². The Kier molecular flexibility index (Phi) is 6.29. The summed E-state index contributed by atoms with van der Waals surface area (Å²) in [6.45, 7) is 2.87. The first-order valence-electron chi connectivity index (χ1n) is 5.64. The van der Waals surface area contributed by atoms with Crippen molar-refractivity contribution in [1.29, 1.82) is 0 Å². The van der Waals surface area contributed by atoms with Crippen LogP contribution in [-0.2, 0) is 9.53 Å². The normalized spacial score (nSPS) is 21.1. The summed E-state index contributed by atoms with van der Waals surface area (Å²) in [6, 6.07) is 0. The molecule has 0 aromatic heterocycles. The van der Waals surface area contributed by atoms with E-state index < -0.39 is 0 Å². The van der Waals surface area contributed by atoms with Crippen molar-refractivity contribution in [2.45, 2.75) is 44.2 Å². The molecule has 0 saturated carbocycles. The molecule has 16 heavy (non-hydrogen) atoms. The number of carbonyl (C=O) groups is 1. The molecule has 1 saturated heterocycles. The topological polar surface area (TPSA) is 38.3 Å². The Morgan fingerprint density at radius 2 is 2.19 bits per heavy atom. The quantitative estimate of drug-likeness (QED) is 0.743. The highest BCUT2D eigenvalue weighted by molar-refractivity contribution is 9.09. The minimum atomic E-state index is -0.201. The Morgan fingerprint density at radius 1 is 1.50 bits per heavy atom. The molecule has 1 aliphatic rings. The summed E-state index contributed by atoms with van der Waals surface area (Å²) in [7, 11) is 0. The van der Waals surface area contributed by atoms with Crippen molar-refractivity contribution in [2.75, 3.05) is 17.3 Å². The molecule has 1 amide bonds. The van der Waals surface area contributed by atoms with Gasteiger partial charge in [-0.3, -0.25) is 4.79 Å². The van der Waals surface area contributed by atoms with Crippen molar-refractivity contribution in [1.82, 2.24) is 5.32 Å². The lowest BCUT2D eigenvalue weighted by atomic mass is 10.1. The van der Waals surface area contributed by atoms with E-state index in [2.05, 4.69) is 37.2 Å². The summed E-state index contributed by atoms with van der Waals surface area (Å²) in [5, 5.41) is 4.52. The van der Waals surface area contributed by atoms with Crippen LogP contribution in [0.5, 0.6) is 0 Å². The van der Waals surface area contributed by atoms with E-state index in [1.165, 1.54) is 0 Å². The van der Waals surface area contributed by atoms with E-state index in [-0.39, 0.29) is 11.4 Å². The van der Waals surface area contributed by atoms with E-state index in [0.717, 1.165) is 36.5 Å². The molecule has 0 radical (unpaired) electrons. The van der Waals surface area contributed by atoms with Crippen LogP contribution in [0.3, 0.4) is 0 Å². The number of hydrogen-bond acceptors (Lipinski definition) is 2. The molecule has 0 aromatic rings. The first-order chi connectivity index (χ1) is 7.59. The van der Waals surface area contributed by atoms with Crippen LogP contribution in [0.25, 0.3) is 0 Å². The second kappa shape index (κ2) is 6.97. The second-order valence-electron chi connectivity index (χ2n) is 4.55. The lowest BCUT2D eigenvalue weighted by Crippen LogP contribution is -2.49. The van der Waals surface area contributed by atoms with Gasteiger partial charge in [0.2, 0.25) is 5.91 Å². The van der Waals surface area contributed by atoms with Crippen LogP contribution in [0.1, 0.15) is 32.6 Å². The third-order valence-corrected chi connectivity index (χ3v) is 5.22. The standard InChI is InChI=1S/C11H19Br2NO2/c1-11(7-12,8-13)14-10(15)5-4-9-3-2-6-16-9/h9H,2-8H2,1H3,(H,14,15). The minimum absolute atomic E-state index is 0.108. The largest absolute Gasteiger partial charge is 0.378 e. The Labute approximate surface area is 114 Å². The Morgan fingerprint density at radius 3 is 2.69 bits per heavy atom. The van der Waals surface area contributed by atoms with Gasteiger partial charge in [0, 0.05) is 23.7 Å². The number of carbonyl (C=O) groups excluding carboxylic acids is 1. The van der Waals surface area contributed by atoms with Crippen molar-refractivity contribution in [2.24, 2.45) is 0 Å². The van der Waals surface area contributed by atoms with Crippen molar-refractivity contribution >= 4 is 37.8 Å². The van der Waals surface area contributed by atoms with Crippen LogP contribution >= 0.6 is 31.9 Å². The predicted molar refractivity (Wildman–Crippen MR) is 72.3 cm³/mol. The molecule has 1 unspecified atom stereocenters. The summed E-state index contributed by atoms with van der Waals surface area (Å²) in [5.41, 5.74) is -0.201. The zero-order chi connectivity index (χ0) is 12.0. The molecule has 1 atom stereocenters. The lowest BCUT2D eigenvalue weighted by Gasteiger charge is -2.26. The van der Waals surface area contributed by atoms with Gasteiger partial charge in [0.05, 0.1) is 11.6 Å². The molecule has 1 N–H and O–H groups in total. The first kappa shape index (κ1) is 14.5. The van der Waals surface area contributed by atoms with Gasteiger partial charge < -0.3 is 10.1 Å². The van der Waals surface area contributed by atoms with Gasteiger partial charge in [-0.2, -0.15) is 0 Å². The third-order valence-electron chi connectivity index (χ3n) is 2.75. The van der Waals surface area contributed by atoms with Gasteiger partial charge >= 0.3 is 0 Å². The van der Waals surface area contributed by atoms with Gasteiger partial charge in [-0.05, 0) is 26.2 Å². The number of ether oxygens (including phenoxy) is 1. The third kappa shape index (κ3) is 4.72. The molecule has 1 rings (SSSR count). The molecule has 0 spiro atoms. The van der Waals surface area contributed by atoms with Crippen LogP contribution in [0, 0.1) is 0 Å². The maximum Gasteiger partial charge on any atom is 0.220 e. The monoisotopic (exact) mass is 355 g/mol. The molecule has 0 aromatic carbocycles. The SMILES string of the molecule is CC(CBr)(CBr)NC(=O)CCC1CCCO1. The molecule has 1 fully saturated rings. The molecule has 0 aliphatic carbocycles. The number of halogens is 2. The summed E-state index contributed by atoms with van der Waals surface area (Å²) >= 11 is 6.82. The summed E-state index contributed by atoms with van der Waals surface area (Å²) < 4.78 is 5.49. The van der Waals surface area contributed by atoms with E-state index in [1.54, 1.807) is 0 Å². The summed E-state index contributed by atoms with van der Waals surface area (Å²) in [6.07, 6.45) is 3.92. The Hall–Kier alpha value is 0.390. The minimum Gasteiger partial charge on any atom is -0.378 e. The fraction of sp³-hybridized carbons (Fsp3) is 0.909. The van der Waals surface area contributed by atoms with Crippen LogP contribution in [-0.4, -0.2) is 34.8 Å². The van der Waals surface area contributed by atoms with Gasteiger partial charge in [-0.25, -0.2) is 0 Å². The molecular weight excluding hydrogens is 338 g/mol. The molecule has 0 bridgehead atoms. The summed E-state index contributed by atoms with van der Waals surface area (Å²) in [4.78, 5) is 11.7. The van der Waals surface area contributed by atoms with E-state index >= 15 is 0 Å². The average molecular weight is 357 g/mol. The van der Waals surface area contributed by atoms with E-state index in [0.29, 0.717) is 12.5 Å². The van der Waals surface area contributed by atoms with Gasteiger partial charge in [0.1, 0.15) is 0 Å². The van der Waals surface area contributed by atoms with E-state index in [1.807, 2.05) is 6.92 Å². The number of nitrogens with one attached hydrogen (secondary N) is 1. The molecule has 94 valence electrons. The van der Waals surface area contributed by atoms with Gasteiger partial charge in [0.15, 0.2) is 0 Å². The van der Waals surface area contributed by atoms with E-state index in [9.17, 15) is 4.79 Å². The molecule has 1 aliphatic heterocycles. The Balaban J connectivity index is 2.24. The lowest BCUT2D eigenvalue weighted by molar-refractivity contribution is -0.123. The van der Waals surface area contributed by atoms with Crippen LogP contribution in [0.4, 0.5) is 0 Å². The molecule has 3 nitrogen and oxygen atoms in total. The molecule has 5 heteroatoms. The fourth-order valence-corrected chi connectivity index (χ4v) is 2.87. The number of hydrogen-bond donors (Lipinski definition) is 1. The highest BCUT2D eigenvalue weighted by Crippen LogP contribution is 2.17. The predicted octanol–water partition coefficient (Wildman–Crippen LogP) is 2.61. The average Bonchev–Trinajstić information content (AvgIpc) is 2.79. The fourth-order valence-electron chi connectivity index (χ4n) is 1.67. The van der Waals surface area contributed by atoms with Crippen LogP contribution in [0.15, 0.2) is 0 Å². The number of amides is 1. The second-order valence-corrected chi connectivity index (χ2v) is 5.67. The van der Waals surface area contributed by atoms with Gasteiger partial charge in [-0.1, -0.05) is 31.9 Å². The highest BCUT2D eigenvalue weighted by Gasteiger charge is 2.24.